The first-order valence-corrected chi connectivity index (χ1v) is 16.3. The summed E-state index contributed by atoms with van der Waals surface area (Å²) in [5, 5.41) is 5.18. The van der Waals surface area contributed by atoms with E-state index in [-0.39, 0.29) is 0 Å². The molecule has 9 rings (SSSR count). The summed E-state index contributed by atoms with van der Waals surface area (Å²) in [5.41, 5.74) is 8.14. The molecule has 212 valence electrons. The number of benzene rings is 7. The van der Waals surface area contributed by atoms with E-state index in [1.54, 1.807) is 0 Å². The number of para-hydroxylation sites is 2. The van der Waals surface area contributed by atoms with Crippen LogP contribution in [-0.4, -0.2) is 4.57 Å². The van der Waals surface area contributed by atoms with Crippen molar-refractivity contribution in [2.45, 2.75) is 5.41 Å². The van der Waals surface area contributed by atoms with Gasteiger partial charge in [-0.2, -0.15) is 0 Å². The quantitative estimate of drug-likeness (QED) is 0.175. The summed E-state index contributed by atoms with van der Waals surface area (Å²) in [6, 6.07) is 64.5. The highest BCUT2D eigenvalue weighted by molar-refractivity contribution is 7.26. The first-order valence-electron chi connectivity index (χ1n) is 15.4. The fourth-order valence-electron chi connectivity index (χ4n) is 7.45. The van der Waals surface area contributed by atoms with E-state index < -0.39 is 5.41 Å². The van der Waals surface area contributed by atoms with Crippen LogP contribution in [-0.2, 0) is 5.41 Å². The Morgan fingerprint density at radius 1 is 0.378 bits per heavy atom. The molecule has 0 amide bonds. The van der Waals surface area contributed by atoms with Crippen molar-refractivity contribution in [3.63, 3.8) is 0 Å². The minimum atomic E-state index is -0.526. The van der Waals surface area contributed by atoms with Crippen molar-refractivity contribution in [2.24, 2.45) is 0 Å². The van der Waals surface area contributed by atoms with E-state index in [1.807, 2.05) is 11.3 Å². The van der Waals surface area contributed by atoms with Crippen molar-refractivity contribution in [3.05, 3.63) is 198 Å². The zero-order chi connectivity index (χ0) is 29.8. The molecule has 0 aliphatic rings. The smallest absolute Gasteiger partial charge is 0.0715 e. The summed E-state index contributed by atoms with van der Waals surface area (Å²) in [6.45, 7) is 0. The second-order valence-corrected chi connectivity index (χ2v) is 12.7. The molecule has 0 unspecified atom stereocenters. The van der Waals surface area contributed by atoms with Crippen molar-refractivity contribution in [1.82, 2.24) is 4.57 Å². The molecule has 9 aromatic rings. The molecule has 45 heavy (non-hydrogen) atoms. The monoisotopic (exact) mass is 591 g/mol. The van der Waals surface area contributed by atoms with Gasteiger partial charge in [0.05, 0.1) is 16.4 Å². The van der Waals surface area contributed by atoms with E-state index in [1.165, 1.54) is 64.2 Å². The molecule has 7 aromatic carbocycles. The summed E-state index contributed by atoms with van der Waals surface area (Å²) in [5.74, 6) is 0. The Kier molecular flexibility index (Phi) is 5.97. The third kappa shape index (κ3) is 3.86. The number of fused-ring (bicyclic) bond motifs is 6. The second kappa shape index (κ2) is 10.3. The average molecular weight is 592 g/mol. The molecule has 0 radical (unpaired) electrons. The third-order valence-corrected chi connectivity index (χ3v) is 10.6. The van der Waals surface area contributed by atoms with Gasteiger partial charge in [0.2, 0.25) is 0 Å². The predicted molar refractivity (Wildman–Crippen MR) is 192 cm³/mol. The SMILES string of the molecule is c1ccc(C(c2ccccc2)(c2ccc(-n3c4ccccc4c4ccccc43)cc2)c2cccc3c2sc2ccccc23)cc1. The normalized spacial score (nSPS) is 12.0. The van der Waals surface area contributed by atoms with Gasteiger partial charge < -0.3 is 4.57 Å². The Morgan fingerprint density at radius 2 is 0.867 bits per heavy atom. The van der Waals surface area contributed by atoms with Crippen LogP contribution in [0.15, 0.2) is 176 Å². The van der Waals surface area contributed by atoms with Crippen LogP contribution in [0.2, 0.25) is 0 Å². The maximum atomic E-state index is 2.40. The molecule has 2 heteroatoms. The maximum Gasteiger partial charge on any atom is 0.0715 e. The third-order valence-electron chi connectivity index (χ3n) is 9.36. The topological polar surface area (TPSA) is 4.93 Å². The van der Waals surface area contributed by atoms with Crippen LogP contribution >= 0.6 is 11.3 Å². The van der Waals surface area contributed by atoms with Crippen LogP contribution < -0.4 is 0 Å². The molecule has 0 fully saturated rings. The van der Waals surface area contributed by atoms with E-state index in [2.05, 4.69) is 180 Å². The van der Waals surface area contributed by atoms with E-state index in [0.29, 0.717) is 0 Å². The fraction of sp³-hybridized carbons (Fsp3) is 0.0233. The first kappa shape index (κ1) is 26.0. The average Bonchev–Trinajstić information content (AvgIpc) is 3.66. The molecule has 2 aromatic heterocycles. The van der Waals surface area contributed by atoms with Gasteiger partial charge in [-0.15, -0.1) is 11.3 Å². The van der Waals surface area contributed by atoms with Gasteiger partial charge in [-0.1, -0.05) is 146 Å². The number of hydrogen-bond acceptors (Lipinski definition) is 1. The van der Waals surface area contributed by atoms with E-state index in [4.69, 9.17) is 0 Å². The maximum absolute atomic E-state index is 2.40. The standard InChI is InChI=1S/C43H29NS/c1-3-14-30(15-4-1)43(31-16-5-2-6-17-31,38-22-13-21-37-36-20-9-12-25-41(36)45-42(37)38)32-26-28-33(29-27-32)44-39-23-10-7-18-34(39)35-19-8-11-24-40(35)44/h1-29H. The van der Waals surface area contributed by atoms with Crippen molar-refractivity contribution >= 4 is 53.3 Å². The van der Waals surface area contributed by atoms with Gasteiger partial charge >= 0.3 is 0 Å². The summed E-state index contributed by atoms with van der Waals surface area (Å²) >= 11 is 1.90. The molecule has 0 aliphatic carbocycles. The Hall–Kier alpha value is -5.44. The Bertz CT molecular complexity index is 2370. The highest BCUT2D eigenvalue weighted by Gasteiger charge is 2.40. The number of hydrogen-bond donors (Lipinski definition) is 0. The summed E-state index contributed by atoms with van der Waals surface area (Å²) in [7, 11) is 0. The summed E-state index contributed by atoms with van der Waals surface area (Å²) in [4.78, 5) is 0. The lowest BCUT2D eigenvalue weighted by atomic mass is 9.65. The summed E-state index contributed by atoms with van der Waals surface area (Å²) in [6.07, 6.45) is 0. The lowest BCUT2D eigenvalue weighted by molar-refractivity contribution is 0.753. The Balaban J connectivity index is 1.36. The molecule has 1 nitrogen and oxygen atoms in total. The first-order chi connectivity index (χ1) is 22.3. The molecule has 0 saturated carbocycles. The minimum Gasteiger partial charge on any atom is -0.309 e. The van der Waals surface area contributed by atoms with Crippen molar-refractivity contribution < 1.29 is 0 Å². The highest BCUT2D eigenvalue weighted by atomic mass is 32.1. The van der Waals surface area contributed by atoms with Crippen molar-refractivity contribution in [1.29, 1.82) is 0 Å². The largest absolute Gasteiger partial charge is 0.309 e. The predicted octanol–water partition coefficient (Wildman–Crippen LogP) is 11.5. The molecule has 0 N–H and O–H groups in total. The van der Waals surface area contributed by atoms with E-state index >= 15 is 0 Å². The zero-order valence-corrected chi connectivity index (χ0v) is 25.4. The van der Waals surface area contributed by atoms with Gasteiger partial charge in [0.25, 0.3) is 0 Å². The van der Waals surface area contributed by atoms with Gasteiger partial charge in [-0.3, -0.25) is 0 Å². The molecule has 0 saturated heterocycles. The van der Waals surface area contributed by atoms with Crippen LogP contribution in [0.4, 0.5) is 0 Å². The van der Waals surface area contributed by atoms with Gasteiger partial charge in [0, 0.05) is 36.6 Å². The van der Waals surface area contributed by atoms with Crippen LogP contribution in [0, 0.1) is 0 Å². The van der Waals surface area contributed by atoms with Crippen molar-refractivity contribution in [3.8, 4) is 5.69 Å². The van der Waals surface area contributed by atoms with Gasteiger partial charge in [0.15, 0.2) is 0 Å². The van der Waals surface area contributed by atoms with Gasteiger partial charge in [-0.25, -0.2) is 0 Å². The number of rotatable bonds is 5. The van der Waals surface area contributed by atoms with Crippen LogP contribution in [0.25, 0.3) is 47.7 Å². The number of nitrogens with zero attached hydrogens (tertiary/aromatic N) is 1. The zero-order valence-electron chi connectivity index (χ0n) is 24.6. The summed E-state index contributed by atoms with van der Waals surface area (Å²) < 4.78 is 5.04. The minimum absolute atomic E-state index is 0.526. The van der Waals surface area contributed by atoms with E-state index in [9.17, 15) is 0 Å². The molecule has 2 heterocycles. The van der Waals surface area contributed by atoms with Gasteiger partial charge in [0.1, 0.15) is 0 Å². The molecule has 0 atom stereocenters. The van der Waals surface area contributed by atoms with Crippen LogP contribution in [0.1, 0.15) is 22.3 Å². The second-order valence-electron chi connectivity index (χ2n) is 11.7. The molecule has 0 bridgehead atoms. The van der Waals surface area contributed by atoms with E-state index in [0.717, 1.165) is 5.69 Å². The molecule has 0 aliphatic heterocycles. The molecular formula is C43H29NS. The molecule has 0 spiro atoms. The van der Waals surface area contributed by atoms with Gasteiger partial charge in [-0.05, 0) is 52.6 Å². The van der Waals surface area contributed by atoms with Crippen molar-refractivity contribution in [2.75, 3.05) is 0 Å². The van der Waals surface area contributed by atoms with Crippen LogP contribution in [0.3, 0.4) is 0 Å². The lowest BCUT2D eigenvalue weighted by Gasteiger charge is -2.37. The fourth-order valence-corrected chi connectivity index (χ4v) is 8.72. The highest BCUT2D eigenvalue weighted by Crippen LogP contribution is 2.50. The Labute approximate surface area is 266 Å². The number of thiophene rings is 1. The lowest BCUT2D eigenvalue weighted by Crippen LogP contribution is -2.31. The van der Waals surface area contributed by atoms with Crippen LogP contribution in [0.5, 0.6) is 0 Å². The number of aromatic nitrogens is 1. The molecular weight excluding hydrogens is 563 g/mol. The Morgan fingerprint density at radius 3 is 1.49 bits per heavy atom.